The smallest absolute Gasteiger partial charge is 0.336 e. The fraction of sp³-hybridized carbons (Fsp3) is 0.500. The molecular formula is C48H58N2O6. The third-order valence-electron chi connectivity index (χ3n) is 12.7. The van der Waals surface area contributed by atoms with Crippen LogP contribution in [0.3, 0.4) is 0 Å². The molecule has 0 unspecified atom stereocenters. The van der Waals surface area contributed by atoms with Crippen LogP contribution in [0.1, 0.15) is 183 Å². The molecule has 0 atom stereocenters. The highest BCUT2D eigenvalue weighted by molar-refractivity contribution is 6.38. The Balaban J connectivity index is 1.36. The van der Waals surface area contributed by atoms with Crippen LogP contribution in [0.25, 0.3) is 43.1 Å². The summed E-state index contributed by atoms with van der Waals surface area (Å²) in [7, 11) is 0. The van der Waals surface area contributed by atoms with Crippen LogP contribution in [0.4, 0.5) is 0 Å². The minimum absolute atomic E-state index is 0.0413. The summed E-state index contributed by atoms with van der Waals surface area (Å²) in [4.78, 5) is 54.1. The highest BCUT2D eigenvalue weighted by atomic mass is 16.4. The standard InChI is InChI=1S/C48H58N2O6/c51-45(49-31-19-15-11-7-3-1-4-8-12-16-20-31)37-27-23-33-35-25-29-39(47(53)54)44-40(48(55)56)30-26-36(42(35)44)34-24-28-38(43(37)41(33)34)46(52)50-32-21-17-13-9-5-2-6-10-14-18-22-32/h23-32H,1-22H2,(H,49,51)(H,50,52)(H,53,54)(H,55,56). The van der Waals surface area contributed by atoms with Gasteiger partial charge in [-0.25, -0.2) is 9.59 Å². The van der Waals surface area contributed by atoms with E-state index < -0.39 is 11.9 Å². The number of hydrogen-bond acceptors (Lipinski definition) is 4. The fourth-order valence-corrected chi connectivity index (χ4v) is 9.77. The average molecular weight is 759 g/mol. The van der Waals surface area contributed by atoms with Gasteiger partial charge < -0.3 is 20.8 Å². The normalized spacial score (nSPS) is 18.1. The average Bonchev–Trinajstić information content (AvgIpc) is 3.18. The van der Waals surface area contributed by atoms with Gasteiger partial charge in [0.2, 0.25) is 0 Å². The van der Waals surface area contributed by atoms with Crippen LogP contribution in [0.15, 0.2) is 48.5 Å². The monoisotopic (exact) mass is 758 g/mol. The third kappa shape index (κ3) is 8.64. The lowest BCUT2D eigenvalue weighted by molar-refractivity contribution is 0.0695. The Kier molecular flexibility index (Phi) is 13.0. The van der Waals surface area contributed by atoms with Crippen molar-refractivity contribution in [1.29, 1.82) is 0 Å². The number of rotatable bonds is 6. The molecule has 0 aliphatic heterocycles. The molecule has 0 saturated heterocycles. The van der Waals surface area contributed by atoms with Crippen LogP contribution < -0.4 is 10.6 Å². The van der Waals surface area contributed by atoms with Crippen molar-refractivity contribution in [2.45, 2.75) is 153 Å². The van der Waals surface area contributed by atoms with Crippen LogP contribution in [0, 0.1) is 0 Å². The lowest BCUT2D eigenvalue weighted by Crippen LogP contribution is -2.36. The minimum Gasteiger partial charge on any atom is -0.478 e. The molecule has 5 aromatic rings. The molecule has 0 aromatic heterocycles. The number of nitrogens with one attached hydrogen (secondary N) is 2. The second kappa shape index (κ2) is 18.5. The number of aromatic carboxylic acids is 2. The van der Waals surface area contributed by atoms with Gasteiger partial charge in [0, 0.05) is 34.0 Å². The van der Waals surface area contributed by atoms with E-state index in [2.05, 4.69) is 10.6 Å². The molecule has 56 heavy (non-hydrogen) atoms. The van der Waals surface area contributed by atoms with Crippen molar-refractivity contribution in [3.8, 4) is 0 Å². The molecule has 296 valence electrons. The summed E-state index contributed by atoms with van der Waals surface area (Å²) < 4.78 is 0. The first-order chi connectivity index (χ1) is 27.3. The Morgan fingerprint density at radius 2 is 0.607 bits per heavy atom. The highest BCUT2D eigenvalue weighted by Gasteiger charge is 2.27. The second-order valence-corrected chi connectivity index (χ2v) is 16.6. The van der Waals surface area contributed by atoms with E-state index in [1.165, 1.54) is 76.3 Å². The van der Waals surface area contributed by atoms with Crippen molar-refractivity contribution in [1.82, 2.24) is 10.6 Å². The number of amides is 2. The van der Waals surface area contributed by atoms with E-state index in [9.17, 15) is 29.4 Å². The molecule has 2 saturated carbocycles. The Morgan fingerprint density at radius 3 is 0.893 bits per heavy atom. The number of hydrogen-bond donors (Lipinski definition) is 4. The Morgan fingerprint density at radius 1 is 0.357 bits per heavy atom. The molecule has 5 aromatic carbocycles. The fourth-order valence-electron chi connectivity index (χ4n) is 9.77. The van der Waals surface area contributed by atoms with Gasteiger partial charge in [-0.1, -0.05) is 140 Å². The molecule has 7 rings (SSSR count). The number of fused-ring (bicyclic) bond motifs is 2. The minimum atomic E-state index is -1.20. The van der Waals surface area contributed by atoms with E-state index in [-0.39, 0.29) is 40.4 Å². The first-order valence-electron chi connectivity index (χ1n) is 21.6. The van der Waals surface area contributed by atoms with Crippen LogP contribution >= 0.6 is 0 Å². The topological polar surface area (TPSA) is 133 Å². The molecule has 0 spiro atoms. The molecule has 0 radical (unpaired) electrons. The summed E-state index contributed by atoms with van der Waals surface area (Å²) in [6.07, 6.45) is 25.3. The molecule has 2 aliphatic rings. The predicted molar refractivity (Wildman–Crippen MR) is 226 cm³/mol. The van der Waals surface area contributed by atoms with E-state index in [0.29, 0.717) is 32.7 Å². The van der Waals surface area contributed by atoms with E-state index in [0.717, 1.165) is 93.2 Å². The van der Waals surface area contributed by atoms with E-state index in [1.807, 2.05) is 24.3 Å². The molecular weight excluding hydrogens is 701 g/mol. The molecule has 0 heterocycles. The van der Waals surface area contributed by atoms with Gasteiger partial charge in [-0.05, 0) is 82.3 Å². The largest absolute Gasteiger partial charge is 0.478 e. The first-order valence-corrected chi connectivity index (χ1v) is 21.6. The highest BCUT2D eigenvalue weighted by Crippen LogP contribution is 2.44. The molecule has 2 amide bonds. The molecule has 8 nitrogen and oxygen atoms in total. The van der Waals surface area contributed by atoms with Crippen molar-refractivity contribution < 1.29 is 29.4 Å². The first kappa shape index (κ1) is 39.5. The summed E-state index contributed by atoms with van der Waals surface area (Å²) in [5, 5.41) is 32.1. The number of carbonyl (C=O) groups excluding carboxylic acids is 2. The maximum absolute atomic E-state index is 14.6. The lowest BCUT2D eigenvalue weighted by Gasteiger charge is -2.23. The van der Waals surface area contributed by atoms with Crippen LogP contribution in [-0.4, -0.2) is 46.0 Å². The number of carbonyl (C=O) groups is 4. The number of carboxylic acids is 2. The summed E-state index contributed by atoms with van der Waals surface area (Å²) >= 11 is 0. The van der Waals surface area contributed by atoms with E-state index in [4.69, 9.17) is 0 Å². The van der Waals surface area contributed by atoms with Crippen molar-refractivity contribution in [3.63, 3.8) is 0 Å². The van der Waals surface area contributed by atoms with Gasteiger partial charge in [-0.3, -0.25) is 9.59 Å². The van der Waals surface area contributed by atoms with Gasteiger partial charge >= 0.3 is 11.9 Å². The van der Waals surface area contributed by atoms with Gasteiger partial charge in [0.25, 0.3) is 11.8 Å². The number of carboxylic acid groups (broad SMARTS) is 2. The summed E-state index contributed by atoms with van der Waals surface area (Å²) in [6.45, 7) is 0. The lowest BCUT2D eigenvalue weighted by atomic mass is 9.84. The molecule has 2 fully saturated rings. The van der Waals surface area contributed by atoms with Crippen molar-refractivity contribution in [3.05, 3.63) is 70.8 Å². The van der Waals surface area contributed by atoms with Gasteiger partial charge in [-0.2, -0.15) is 0 Å². The van der Waals surface area contributed by atoms with Gasteiger partial charge in [0.05, 0.1) is 11.1 Å². The molecule has 4 N–H and O–H groups in total. The zero-order chi connectivity index (χ0) is 39.0. The predicted octanol–water partition coefficient (Wildman–Crippen LogP) is 11.9. The third-order valence-corrected chi connectivity index (χ3v) is 12.7. The molecule has 0 bridgehead atoms. The molecule has 2 aliphatic carbocycles. The van der Waals surface area contributed by atoms with Gasteiger partial charge in [0.15, 0.2) is 0 Å². The maximum atomic E-state index is 14.6. The van der Waals surface area contributed by atoms with Crippen LogP contribution in [-0.2, 0) is 0 Å². The van der Waals surface area contributed by atoms with Crippen molar-refractivity contribution in [2.75, 3.05) is 0 Å². The SMILES string of the molecule is O=C(O)c1ccc2c3ccc(C(=O)NC4CCCCCCCCCCC4)c4c(C(=O)NC5CCCCCCCCCCC5)ccc(c5ccc(C(=O)O)c1c25)c43. The Hall–Kier alpha value is -4.72. The zero-order valence-corrected chi connectivity index (χ0v) is 32.9. The van der Waals surface area contributed by atoms with Gasteiger partial charge in [0.1, 0.15) is 0 Å². The van der Waals surface area contributed by atoms with Crippen LogP contribution in [0.5, 0.6) is 0 Å². The quantitative estimate of drug-likeness (QED) is 0.101. The summed E-state index contributed by atoms with van der Waals surface area (Å²) in [5.74, 6) is -2.79. The summed E-state index contributed by atoms with van der Waals surface area (Å²) in [5.41, 5.74) is 0.738. The van der Waals surface area contributed by atoms with Crippen LogP contribution in [0.2, 0.25) is 0 Å². The molecule has 8 heteroatoms. The van der Waals surface area contributed by atoms with Crippen molar-refractivity contribution >= 4 is 66.8 Å². The van der Waals surface area contributed by atoms with E-state index in [1.54, 1.807) is 12.1 Å². The summed E-state index contributed by atoms with van der Waals surface area (Å²) in [6, 6.07) is 13.9. The van der Waals surface area contributed by atoms with Gasteiger partial charge in [-0.15, -0.1) is 0 Å². The number of benzene rings is 5. The maximum Gasteiger partial charge on any atom is 0.336 e. The Bertz CT molecular complexity index is 2040. The zero-order valence-electron chi connectivity index (χ0n) is 32.9. The second-order valence-electron chi connectivity index (χ2n) is 16.6. The van der Waals surface area contributed by atoms with E-state index >= 15 is 0 Å². The van der Waals surface area contributed by atoms with Crippen molar-refractivity contribution in [2.24, 2.45) is 0 Å². The Labute approximate surface area is 330 Å².